The number of hydrogen-bond acceptors (Lipinski definition) is 6. The zero-order chi connectivity index (χ0) is 21.5. The molecule has 8 heteroatoms. The van der Waals surface area contributed by atoms with E-state index in [1.54, 1.807) is 26.3 Å². The summed E-state index contributed by atoms with van der Waals surface area (Å²) in [7, 11) is 3.33. The number of amides is 1. The highest BCUT2D eigenvalue weighted by Crippen LogP contribution is 2.24. The molecule has 0 bridgehead atoms. The van der Waals surface area contributed by atoms with Gasteiger partial charge in [0.1, 0.15) is 17.0 Å². The van der Waals surface area contributed by atoms with Gasteiger partial charge in [0, 0.05) is 24.5 Å². The number of carbonyl (C=O) groups is 1. The zero-order valence-corrected chi connectivity index (χ0v) is 17.4. The number of hydrogen-bond donors (Lipinski definition) is 4. The number of nitrogens with two attached hydrogens (primary N) is 1. The number of benzene rings is 1. The van der Waals surface area contributed by atoms with Gasteiger partial charge in [-0.25, -0.2) is 9.97 Å². The maximum atomic E-state index is 11.5. The van der Waals surface area contributed by atoms with Crippen molar-refractivity contribution in [3.05, 3.63) is 47.4 Å². The van der Waals surface area contributed by atoms with Crippen LogP contribution in [0, 0.1) is 5.41 Å². The van der Waals surface area contributed by atoms with Crippen LogP contribution in [0.2, 0.25) is 0 Å². The Morgan fingerprint density at radius 1 is 1.17 bits per heavy atom. The molecule has 8 nitrogen and oxygen atoms in total. The second kappa shape index (κ2) is 9.87. The molecular formula is C22H28N6O2. The lowest BCUT2D eigenvalue weighted by Crippen LogP contribution is -2.12. The van der Waals surface area contributed by atoms with E-state index in [2.05, 4.69) is 20.3 Å². The Balaban J connectivity index is 0.000000367. The quantitative estimate of drug-likeness (QED) is 0.476. The summed E-state index contributed by atoms with van der Waals surface area (Å²) in [6.07, 6.45) is 11.9. The van der Waals surface area contributed by atoms with Crippen molar-refractivity contribution in [1.29, 1.82) is 5.41 Å². The highest BCUT2D eigenvalue weighted by Gasteiger charge is 2.16. The topological polar surface area (TPSA) is 130 Å². The lowest BCUT2D eigenvalue weighted by Gasteiger charge is -2.12. The van der Waals surface area contributed by atoms with Crippen molar-refractivity contribution >= 4 is 28.5 Å². The molecule has 1 aliphatic carbocycles. The highest BCUT2D eigenvalue weighted by molar-refractivity contribution is 6.14. The molecule has 5 N–H and O–H groups in total. The number of aromatic amines is 1. The van der Waals surface area contributed by atoms with Gasteiger partial charge in [-0.3, -0.25) is 10.2 Å². The van der Waals surface area contributed by atoms with E-state index in [9.17, 15) is 4.79 Å². The number of carbonyl (C=O) groups excluding carboxylic acids is 1. The molecule has 0 spiro atoms. The van der Waals surface area contributed by atoms with Crippen LogP contribution in [0.1, 0.15) is 60.1 Å². The smallest absolute Gasteiger partial charge is 0.252 e. The van der Waals surface area contributed by atoms with E-state index < -0.39 is 5.91 Å². The summed E-state index contributed by atoms with van der Waals surface area (Å²) in [6, 6.07) is 5.36. The van der Waals surface area contributed by atoms with Crippen molar-refractivity contribution in [1.82, 2.24) is 15.0 Å². The highest BCUT2D eigenvalue weighted by atomic mass is 16.5. The van der Waals surface area contributed by atoms with Crippen molar-refractivity contribution in [3.8, 4) is 5.75 Å². The SMILES string of the molecule is C1CCCCC1.CNc1ccc(OC)cc1C(=N)c1cnc2[nH]cc(C(N)=O)c2n1. The molecule has 1 aromatic carbocycles. The average molecular weight is 409 g/mol. The van der Waals surface area contributed by atoms with Crippen LogP contribution in [0.4, 0.5) is 5.69 Å². The van der Waals surface area contributed by atoms with Gasteiger partial charge in [-0.15, -0.1) is 0 Å². The van der Waals surface area contributed by atoms with Crippen molar-refractivity contribution in [3.63, 3.8) is 0 Å². The third-order valence-electron chi connectivity index (χ3n) is 5.17. The van der Waals surface area contributed by atoms with Crippen LogP contribution in [-0.4, -0.2) is 40.7 Å². The number of ether oxygens (including phenoxy) is 1. The van der Waals surface area contributed by atoms with Gasteiger partial charge in [-0.05, 0) is 18.2 Å². The third kappa shape index (κ3) is 4.76. The van der Waals surface area contributed by atoms with E-state index in [1.807, 2.05) is 6.07 Å². The van der Waals surface area contributed by atoms with Crippen LogP contribution < -0.4 is 15.8 Å². The zero-order valence-electron chi connectivity index (χ0n) is 17.4. The minimum absolute atomic E-state index is 0.157. The van der Waals surface area contributed by atoms with Crippen molar-refractivity contribution in [2.75, 3.05) is 19.5 Å². The second-order valence-corrected chi connectivity index (χ2v) is 7.18. The molecule has 1 fully saturated rings. The number of nitrogens with one attached hydrogen (secondary N) is 3. The fourth-order valence-electron chi connectivity index (χ4n) is 3.47. The summed E-state index contributed by atoms with van der Waals surface area (Å²) in [5.41, 5.74) is 8.22. The predicted molar refractivity (Wildman–Crippen MR) is 119 cm³/mol. The minimum atomic E-state index is -0.600. The first-order chi connectivity index (χ1) is 14.5. The molecule has 1 amide bonds. The molecule has 0 atom stereocenters. The Labute approximate surface area is 175 Å². The maximum Gasteiger partial charge on any atom is 0.252 e. The van der Waals surface area contributed by atoms with Crippen molar-refractivity contribution < 1.29 is 9.53 Å². The van der Waals surface area contributed by atoms with E-state index in [-0.39, 0.29) is 11.3 Å². The molecule has 0 unspecified atom stereocenters. The number of nitrogens with zero attached hydrogens (tertiary/aromatic N) is 2. The van der Waals surface area contributed by atoms with Gasteiger partial charge in [0.25, 0.3) is 5.91 Å². The monoisotopic (exact) mass is 408 g/mol. The minimum Gasteiger partial charge on any atom is -0.497 e. The number of primary amides is 1. The maximum absolute atomic E-state index is 11.5. The van der Waals surface area contributed by atoms with Crippen LogP contribution in [0.15, 0.2) is 30.6 Å². The molecule has 0 aliphatic heterocycles. The van der Waals surface area contributed by atoms with Gasteiger partial charge in [0.15, 0.2) is 5.65 Å². The summed E-state index contributed by atoms with van der Waals surface area (Å²) in [5, 5.41) is 11.5. The number of anilines is 1. The summed E-state index contributed by atoms with van der Waals surface area (Å²) >= 11 is 0. The summed E-state index contributed by atoms with van der Waals surface area (Å²) in [5.74, 6) is 0.0266. The predicted octanol–water partition coefficient (Wildman–Crippen LogP) is 3.86. The molecule has 4 rings (SSSR count). The standard InChI is InChI=1S/C16H16N6O2.C6H12/c1-19-11-4-3-8(24-2)5-9(11)13(17)12-7-21-16-14(22-12)10(6-20-16)15(18)23;1-2-4-6-5-3-1/h3-7,17,19H,1-2H3,(H2,18,23)(H,20,21);1-6H2. The summed E-state index contributed by atoms with van der Waals surface area (Å²) in [6.45, 7) is 0. The van der Waals surface area contributed by atoms with Crippen LogP contribution in [0.5, 0.6) is 5.75 Å². The first kappa shape index (κ1) is 21.3. The van der Waals surface area contributed by atoms with E-state index >= 15 is 0 Å². The summed E-state index contributed by atoms with van der Waals surface area (Å²) in [4.78, 5) is 22.9. The number of fused-ring (bicyclic) bond motifs is 1. The molecule has 1 saturated carbocycles. The van der Waals surface area contributed by atoms with E-state index in [0.29, 0.717) is 28.2 Å². The molecule has 158 valence electrons. The number of methoxy groups -OCH3 is 1. The van der Waals surface area contributed by atoms with Crippen LogP contribution in [-0.2, 0) is 0 Å². The Bertz CT molecular complexity index is 1030. The largest absolute Gasteiger partial charge is 0.497 e. The molecule has 1 aliphatic rings. The molecule has 2 aromatic heterocycles. The van der Waals surface area contributed by atoms with E-state index in [1.165, 1.54) is 50.9 Å². The van der Waals surface area contributed by atoms with Crippen LogP contribution >= 0.6 is 0 Å². The number of H-pyrrole nitrogens is 1. The van der Waals surface area contributed by atoms with Crippen molar-refractivity contribution in [2.45, 2.75) is 38.5 Å². The first-order valence-corrected chi connectivity index (χ1v) is 10.1. The van der Waals surface area contributed by atoms with Gasteiger partial charge < -0.3 is 20.8 Å². The Hall–Kier alpha value is -3.42. The third-order valence-corrected chi connectivity index (χ3v) is 5.17. The lowest BCUT2D eigenvalue weighted by atomic mass is 10.0. The molecule has 2 heterocycles. The molecule has 0 radical (unpaired) electrons. The molecule has 0 saturated heterocycles. The van der Waals surface area contributed by atoms with E-state index in [0.717, 1.165) is 5.69 Å². The Kier molecular flexibility index (Phi) is 7.00. The Morgan fingerprint density at radius 3 is 2.40 bits per heavy atom. The molecule has 3 aromatic rings. The van der Waals surface area contributed by atoms with Crippen molar-refractivity contribution in [2.24, 2.45) is 5.73 Å². The van der Waals surface area contributed by atoms with Gasteiger partial charge in [0.05, 0.1) is 24.6 Å². The molecular weight excluding hydrogens is 380 g/mol. The van der Waals surface area contributed by atoms with Gasteiger partial charge in [-0.2, -0.15) is 0 Å². The molecule has 30 heavy (non-hydrogen) atoms. The first-order valence-electron chi connectivity index (χ1n) is 10.1. The fourth-order valence-corrected chi connectivity index (χ4v) is 3.47. The van der Waals surface area contributed by atoms with Crippen LogP contribution in [0.3, 0.4) is 0 Å². The fraction of sp³-hybridized carbons (Fsp3) is 0.364. The second-order valence-electron chi connectivity index (χ2n) is 7.18. The van der Waals surface area contributed by atoms with Gasteiger partial charge in [0.2, 0.25) is 0 Å². The lowest BCUT2D eigenvalue weighted by molar-refractivity contribution is 0.100. The Morgan fingerprint density at radius 2 is 1.83 bits per heavy atom. The average Bonchev–Trinajstić information content (AvgIpc) is 3.23. The van der Waals surface area contributed by atoms with E-state index in [4.69, 9.17) is 15.9 Å². The summed E-state index contributed by atoms with van der Waals surface area (Å²) < 4.78 is 5.22. The number of rotatable bonds is 5. The van der Waals surface area contributed by atoms with Gasteiger partial charge >= 0.3 is 0 Å². The number of aromatic nitrogens is 3. The van der Waals surface area contributed by atoms with Crippen LogP contribution in [0.25, 0.3) is 11.2 Å². The van der Waals surface area contributed by atoms with Gasteiger partial charge in [-0.1, -0.05) is 38.5 Å². The normalized spacial score (nSPS) is 13.3.